The first-order valence-electron chi connectivity index (χ1n) is 8.28. The minimum atomic E-state index is 0.101. The summed E-state index contributed by atoms with van der Waals surface area (Å²) in [6.07, 6.45) is 12.1. The first-order chi connectivity index (χ1) is 10.3. The van der Waals surface area contributed by atoms with Gasteiger partial charge in [0.25, 0.3) is 0 Å². The second-order valence-electron chi connectivity index (χ2n) is 5.80. The predicted octanol–water partition coefficient (Wildman–Crippen LogP) is 3.65. The molecule has 0 saturated heterocycles. The molecule has 0 spiro atoms. The molecule has 1 aromatic heterocycles. The summed E-state index contributed by atoms with van der Waals surface area (Å²) < 4.78 is 0. The van der Waals surface area contributed by atoms with Gasteiger partial charge in [-0.2, -0.15) is 0 Å². The zero-order chi connectivity index (χ0) is 14.9. The fourth-order valence-electron chi connectivity index (χ4n) is 2.72. The Balaban J connectivity index is 1.77. The molecule has 0 bridgehead atoms. The molecule has 0 saturated carbocycles. The van der Waals surface area contributed by atoms with E-state index >= 15 is 0 Å². The summed E-state index contributed by atoms with van der Waals surface area (Å²) in [6.45, 7) is 0.747. The molecule has 0 unspecified atom stereocenters. The number of rotatable bonds is 7. The molecule has 1 heterocycles. The van der Waals surface area contributed by atoms with Gasteiger partial charge in [-0.15, -0.1) is 11.3 Å². The lowest BCUT2D eigenvalue weighted by Crippen LogP contribution is -2.11. The SMILES string of the molecule is NCCCCCCC(=O)Nc1nc2c(s1)CCCCCC2. The Kier molecular flexibility index (Phi) is 7.16. The zero-order valence-corrected chi connectivity index (χ0v) is 13.6. The first kappa shape index (κ1) is 16.4. The summed E-state index contributed by atoms with van der Waals surface area (Å²) in [5, 5.41) is 3.77. The van der Waals surface area contributed by atoms with Gasteiger partial charge in [-0.3, -0.25) is 4.79 Å². The number of fused-ring (bicyclic) bond motifs is 1. The quantitative estimate of drug-likeness (QED) is 0.755. The summed E-state index contributed by atoms with van der Waals surface area (Å²) in [4.78, 5) is 17.9. The van der Waals surface area contributed by atoms with Gasteiger partial charge in [0, 0.05) is 11.3 Å². The molecule has 0 radical (unpaired) electrons. The van der Waals surface area contributed by atoms with Crippen LogP contribution in [0.2, 0.25) is 0 Å². The Labute approximate surface area is 131 Å². The van der Waals surface area contributed by atoms with Gasteiger partial charge in [0.2, 0.25) is 5.91 Å². The number of hydrogen-bond donors (Lipinski definition) is 2. The van der Waals surface area contributed by atoms with Crippen LogP contribution >= 0.6 is 11.3 Å². The molecule has 1 aliphatic rings. The molecular weight excluding hydrogens is 282 g/mol. The van der Waals surface area contributed by atoms with Crippen molar-refractivity contribution in [2.24, 2.45) is 5.73 Å². The number of unbranched alkanes of at least 4 members (excludes halogenated alkanes) is 3. The molecule has 1 aromatic rings. The molecule has 2 rings (SSSR count). The van der Waals surface area contributed by atoms with Crippen LogP contribution in [0.25, 0.3) is 0 Å². The number of carbonyl (C=O) groups excluding carboxylic acids is 1. The van der Waals surface area contributed by atoms with Crippen molar-refractivity contribution in [3.8, 4) is 0 Å². The van der Waals surface area contributed by atoms with Gasteiger partial charge in [0.15, 0.2) is 5.13 Å². The zero-order valence-electron chi connectivity index (χ0n) is 12.8. The minimum absolute atomic E-state index is 0.101. The largest absolute Gasteiger partial charge is 0.330 e. The van der Waals surface area contributed by atoms with Gasteiger partial charge in [0.05, 0.1) is 5.69 Å². The second-order valence-corrected chi connectivity index (χ2v) is 6.89. The van der Waals surface area contributed by atoms with Crippen LogP contribution in [0, 0.1) is 0 Å². The summed E-state index contributed by atoms with van der Waals surface area (Å²) in [5.41, 5.74) is 6.68. The number of amides is 1. The van der Waals surface area contributed by atoms with E-state index in [0.29, 0.717) is 6.42 Å². The monoisotopic (exact) mass is 309 g/mol. The molecule has 0 atom stereocenters. The number of nitrogens with zero attached hydrogens (tertiary/aromatic N) is 1. The fraction of sp³-hybridized carbons (Fsp3) is 0.750. The maximum atomic E-state index is 11.9. The molecule has 3 N–H and O–H groups in total. The van der Waals surface area contributed by atoms with E-state index in [9.17, 15) is 4.79 Å². The first-order valence-corrected chi connectivity index (χ1v) is 9.09. The average Bonchev–Trinajstić information content (AvgIpc) is 2.80. The molecular formula is C16H27N3OS. The number of carbonyl (C=O) groups is 1. The van der Waals surface area contributed by atoms with E-state index in [1.54, 1.807) is 11.3 Å². The summed E-state index contributed by atoms with van der Waals surface area (Å²) in [5.74, 6) is 0.101. The number of aryl methyl sites for hydroxylation is 2. The van der Waals surface area contributed by atoms with Gasteiger partial charge in [0.1, 0.15) is 0 Å². The van der Waals surface area contributed by atoms with E-state index in [1.807, 2.05) is 0 Å². The van der Waals surface area contributed by atoms with Crippen molar-refractivity contribution >= 4 is 22.4 Å². The van der Waals surface area contributed by atoms with Crippen molar-refractivity contribution in [2.45, 2.75) is 70.6 Å². The number of nitrogens with one attached hydrogen (secondary N) is 1. The Bertz CT molecular complexity index is 419. The third-order valence-corrected chi connectivity index (χ3v) is 5.02. The molecule has 0 aromatic carbocycles. The lowest BCUT2D eigenvalue weighted by Gasteiger charge is -2.06. The number of anilines is 1. The van der Waals surface area contributed by atoms with E-state index in [-0.39, 0.29) is 5.91 Å². The lowest BCUT2D eigenvalue weighted by atomic mass is 10.0. The highest BCUT2D eigenvalue weighted by atomic mass is 32.1. The van der Waals surface area contributed by atoms with Gasteiger partial charge in [-0.25, -0.2) is 4.98 Å². The number of thiazole rings is 1. The van der Waals surface area contributed by atoms with Crippen LogP contribution < -0.4 is 11.1 Å². The fourth-order valence-corrected chi connectivity index (χ4v) is 3.79. The van der Waals surface area contributed by atoms with Crippen molar-refractivity contribution < 1.29 is 4.79 Å². The van der Waals surface area contributed by atoms with E-state index in [4.69, 9.17) is 5.73 Å². The van der Waals surface area contributed by atoms with E-state index in [1.165, 1.54) is 36.3 Å². The van der Waals surface area contributed by atoms with Crippen LogP contribution in [-0.2, 0) is 17.6 Å². The van der Waals surface area contributed by atoms with Crippen molar-refractivity contribution in [3.63, 3.8) is 0 Å². The van der Waals surface area contributed by atoms with Crippen LogP contribution in [0.3, 0.4) is 0 Å². The van der Waals surface area contributed by atoms with Crippen molar-refractivity contribution in [3.05, 3.63) is 10.6 Å². The van der Waals surface area contributed by atoms with Crippen LogP contribution in [0.4, 0.5) is 5.13 Å². The van der Waals surface area contributed by atoms with Crippen LogP contribution in [0.15, 0.2) is 0 Å². The van der Waals surface area contributed by atoms with Crippen LogP contribution in [0.1, 0.15) is 68.4 Å². The highest BCUT2D eigenvalue weighted by Gasteiger charge is 2.14. The molecule has 0 fully saturated rings. The van der Waals surface area contributed by atoms with Crippen LogP contribution in [0.5, 0.6) is 0 Å². The lowest BCUT2D eigenvalue weighted by molar-refractivity contribution is -0.116. The molecule has 4 nitrogen and oxygen atoms in total. The third-order valence-electron chi connectivity index (χ3n) is 3.95. The average molecular weight is 309 g/mol. The highest BCUT2D eigenvalue weighted by Crippen LogP contribution is 2.28. The molecule has 1 amide bonds. The maximum Gasteiger partial charge on any atom is 0.226 e. The predicted molar refractivity (Wildman–Crippen MR) is 88.8 cm³/mol. The summed E-state index contributed by atoms with van der Waals surface area (Å²) in [7, 11) is 0. The van der Waals surface area contributed by atoms with Gasteiger partial charge in [-0.05, 0) is 45.1 Å². The summed E-state index contributed by atoms with van der Waals surface area (Å²) in [6, 6.07) is 0. The Morgan fingerprint density at radius 2 is 1.86 bits per heavy atom. The normalized spacial score (nSPS) is 15.1. The molecule has 21 heavy (non-hydrogen) atoms. The Morgan fingerprint density at radius 1 is 1.10 bits per heavy atom. The van der Waals surface area contributed by atoms with Gasteiger partial charge < -0.3 is 11.1 Å². The topological polar surface area (TPSA) is 68.0 Å². The van der Waals surface area contributed by atoms with Gasteiger partial charge >= 0.3 is 0 Å². The van der Waals surface area contributed by atoms with E-state index in [0.717, 1.165) is 50.2 Å². The maximum absolute atomic E-state index is 11.9. The van der Waals surface area contributed by atoms with Crippen molar-refractivity contribution in [1.29, 1.82) is 0 Å². The highest BCUT2D eigenvalue weighted by molar-refractivity contribution is 7.15. The smallest absolute Gasteiger partial charge is 0.226 e. The number of hydrogen-bond acceptors (Lipinski definition) is 4. The van der Waals surface area contributed by atoms with Gasteiger partial charge in [-0.1, -0.05) is 25.7 Å². The third kappa shape index (κ3) is 5.75. The van der Waals surface area contributed by atoms with E-state index in [2.05, 4.69) is 10.3 Å². The molecule has 118 valence electrons. The van der Waals surface area contributed by atoms with Crippen LogP contribution in [-0.4, -0.2) is 17.4 Å². The Morgan fingerprint density at radius 3 is 2.67 bits per heavy atom. The minimum Gasteiger partial charge on any atom is -0.330 e. The second kappa shape index (κ2) is 9.15. The number of aromatic nitrogens is 1. The van der Waals surface area contributed by atoms with Crippen molar-refractivity contribution in [2.75, 3.05) is 11.9 Å². The summed E-state index contributed by atoms with van der Waals surface area (Å²) >= 11 is 1.67. The molecule has 5 heteroatoms. The number of nitrogens with two attached hydrogens (primary N) is 1. The van der Waals surface area contributed by atoms with E-state index < -0.39 is 0 Å². The van der Waals surface area contributed by atoms with Crippen molar-refractivity contribution in [1.82, 2.24) is 4.98 Å². The Hall–Kier alpha value is -0.940. The molecule has 1 aliphatic carbocycles. The molecule has 0 aliphatic heterocycles. The standard InChI is InChI=1S/C16H27N3OS/c17-12-8-4-3-7-11-15(20)19-16-18-13-9-5-1-2-6-10-14(13)21-16/h1-12,17H2,(H,18,19,20).